The predicted molar refractivity (Wildman–Crippen MR) is 55.9 cm³/mol. The highest BCUT2D eigenvalue weighted by atomic mass is 32.2. The van der Waals surface area contributed by atoms with Crippen molar-refractivity contribution >= 4 is 23.5 Å². The SMILES string of the molecule is CC(C)C1SCNC(C)(C)S1. The molecular weight excluding hydrogens is 174 g/mol. The molecule has 1 atom stereocenters. The number of nitrogens with one attached hydrogen (secondary N) is 1. The molecule has 0 bridgehead atoms. The molecule has 1 nitrogen and oxygen atoms in total. The van der Waals surface area contributed by atoms with E-state index >= 15 is 0 Å². The monoisotopic (exact) mass is 191 g/mol. The molecule has 0 aromatic rings. The van der Waals surface area contributed by atoms with Crippen molar-refractivity contribution in [3.63, 3.8) is 0 Å². The van der Waals surface area contributed by atoms with Gasteiger partial charge in [0.1, 0.15) is 0 Å². The summed E-state index contributed by atoms with van der Waals surface area (Å²) in [5.41, 5.74) is 0. The maximum atomic E-state index is 3.47. The second kappa shape index (κ2) is 3.58. The van der Waals surface area contributed by atoms with Crippen LogP contribution < -0.4 is 5.32 Å². The number of rotatable bonds is 1. The molecule has 0 aliphatic carbocycles. The van der Waals surface area contributed by atoms with E-state index in [1.165, 1.54) is 0 Å². The number of hydrogen-bond acceptors (Lipinski definition) is 3. The van der Waals surface area contributed by atoms with E-state index < -0.39 is 0 Å². The van der Waals surface area contributed by atoms with Crippen molar-refractivity contribution < 1.29 is 0 Å². The standard InChI is InChI=1S/C8H17NS2/c1-6(2)7-10-5-9-8(3,4)11-7/h6-7,9H,5H2,1-4H3. The molecule has 0 aromatic carbocycles. The molecule has 1 unspecified atom stereocenters. The second-order valence-corrected chi connectivity index (χ2v) is 6.92. The van der Waals surface area contributed by atoms with Crippen LogP contribution in [0.15, 0.2) is 0 Å². The molecule has 11 heavy (non-hydrogen) atoms. The van der Waals surface area contributed by atoms with Crippen LogP contribution in [0.3, 0.4) is 0 Å². The van der Waals surface area contributed by atoms with E-state index in [0.717, 1.165) is 16.4 Å². The Kier molecular flexibility index (Phi) is 3.18. The minimum Gasteiger partial charge on any atom is -0.294 e. The summed E-state index contributed by atoms with van der Waals surface area (Å²) in [5, 5.41) is 3.47. The van der Waals surface area contributed by atoms with E-state index in [-0.39, 0.29) is 4.87 Å². The van der Waals surface area contributed by atoms with Crippen LogP contribution in [-0.2, 0) is 0 Å². The molecule has 0 aromatic heterocycles. The lowest BCUT2D eigenvalue weighted by atomic mass is 10.3. The third-order valence-corrected chi connectivity index (χ3v) is 5.09. The van der Waals surface area contributed by atoms with E-state index in [1.54, 1.807) is 0 Å². The quantitative estimate of drug-likeness (QED) is 0.684. The van der Waals surface area contributed by atoms with Crippen molar-refractivity contribution in [2.45, 2.75) is 37.1 Å². The van der Waals surface area contributed by atoms with Crippen molar-refractivity contribution in [1.82, 2.24) is 5.32 Å². The highest BCUT2D eigenvalue weighted by molar-refractivity contribution is 8.18. The van der Waals surface area contributed by atoms with Gasteiger partial charge in [-0.15, -0.1) is 23.5 Å². The van der Waals surface area contributed by atoms with Gasteiger partial charge in [-0.2, -0.15) is 0 Å². The predicted octanol–water partition coefficient (Wildman–Crippen LogP) is 2.73. The summed E-state index contributed by atoms with van der Waals surface area (Å²) in [6.07, 6.45) is 0. The molecule has 1 aliphatic heterocycles. The Morgan fingerprint density at radius 2 is 2.09 bits per heavy atom. The Labute approximate surface area is 78.1 Å². The van der Waals surface area contributed by atoms with Crippen molar-refractivity contribution in [3.8, 4) is 0 Å². The average Bonchev–Trinajstić information content (AvgIpc) is 1.85. The van der Waals surface area contributed by atoms with Crippen LogP contribution in [-0.4, -0.2) is 15.3 Å². The van der Waals surface area contributed by atoms with Crippen molar-refractivity contribution in [2.24, 2.45) is 5.92 Å². The largest absolute Gasteiger partial charge is 0.294 e. The maximum absolute atomic E-state index is 3.47. The Balaban J connectivity index is 2.46. The summed E-state index contributed by atoms with van der Waals surface area (Å²) >= 11 is 4.07. The molecule has 1 saturated heterocycles. The van der Waals surface area contributed by atoms with Crippen molar-refractivity contribution in [1.29, 1.82) is 0 Å². The molecule has 66 valence electrons. The van der Waals surface area contributed by atoms with Crippen molar-refractivity contribution in [2.75, 3.05) is 5.88 Å². The molecule has 0 radical (unpaired) electrons. The van der Waals surface area contributed by atoms with Gasteiger partial charge in [-0.1, -0.05) is 13.8 Å². The lowest BCUT2D eigenvalue weighted by Gasteiger charge is -2.37. The molecule has 1 aliphatic rings. The zero-order chi connectivity index (χ0) is 8.48. The normalized spacial score (nSPS) is 30.8. The lowest BCUT2D eigenvalue weighted by molar-refractivity contribution is 0.578. The molecular formula is C8H17NS2. The fraction of sp³-hybridized carbons (Fsp3) is 1.00. The molecule has 1 N–H and O–H groups in total. The fourth-order valence-electron chi connectivity index (χ4n) is 0.992. The lowest BCUT2D eigenvalue weighted by Crippen LogP contribution is -2.42. The van der Waals surface area contributed by atoms with E-state index in [9.17, 15) is 0 Å². The van der Waals surface area contributed by atoms with E-state index in [2.05, 4.69) is 33.0 Å². The molecule has 0 saturated carbocycles. The first-order valence-electron chi connectivity index (χ1n) is 4.06. The Morgan fingerprint density at radius 3 is 2.45 bits per heavy atom. The van der Waals surface area contributed by atoms with Crippen LogP contribution in [0, 0.1) is 5.92 Å². The first-order chi connectivity index (χ1) is 5.01. The zero-order valence-corrected chi connectivity index (χ0v) is 9.31. The first-order valence-corrected chi connectivity index (χ1v) is 5.98. The van der Waals surface area contributed by atoms with E-state index in [0.29, 0.717) is 0 Å². The van der Waals surface area contributed by atoms with Gasteiger partial charge in [0.25, 0.3) is 0 Å². The smallest absolute Gasteiger partial charge is 0.0605 e. The van der Waals surface area contributed by atoms with Crippen LogP contribution in [0.5, 0.6) is 0 Å². The summed E-state index contributed by atoms with van der Waals surface area (Å²) < 4.78 is 0.770. The molecule has 0 spiro atoms. The van der Waals surface area contributed by atoms with Gasteiger partial charge >= 0.3 is 0 Å². The van der Waals surface area contributed by atoms with Gasteiger partial charge < -0.3 is 0 Å². The van der Waals surface area contributed by atoms with Crippen LogP contribution in [0.25, 0.3) is 0 Å². The van der Waals surface area contributed by atoms with Crippen molar-refractivity contribution in [3.05, 3.63) is 0 Å². The van der Waals surface area contributed by atoms with Gasteiger partial charge in [0.15, 0.2) is 0 Å². The van der Waals surface area contributed by atoms with Crippen LogP contribution in [0.2, 0.25) is 0 Å². The topological polar surface area (TPSA) is 12.0 Å². The number of hydrogen-bond donors (Lipinski definition) is 1. The molecule has 0 amide bonds. The van der Waals surface area contributed by atoms with Gasteiger partial charge in [0.05, 0.1) is 9.45 Å². The summed E-state index contributed by atoms with van der Waals surface area (Å²) in [5.74, 6) is 1.88. The summed E-state index contributed by atoms with van der Waals surface area (Å²) in [7, 11) is 0. The molecule has 1 rings (SSSR count). The molecule has 1 heterocycles. The van der Waals surface area contributed by atoms with Gasteiger partial charge in [-0.05, 0) is 19.8 Å². The Bertz CT molecular complexity index is 134. The summed E-state index contributed by atoms with van der Waals surface area (Å²) in [6, 6.07) is 0. The summed E-state index contributed by atoms with van der Waals surface area (Å²) in [4.78, 5) is 0.278. The fourth-order valence-corrected chi connectivity index (χ4v) is 4.28. The average molecular weight is 191 g/mol. The minimum absolute atomic E-state index is 0.278. The van der Waals surface area contributed by atoms with Crippen LogP contribution in [0.4, 0.5) is 0 Å². The first kappa shape index (κ1) is 9.75. The number of thioether (sulfide) groups is 2. The van der Waals surface area contributed by atoms with Gasteiger partial charge in [0.2, 0.25) is 0 Å². The maximum Gasteiger partial charge on any atom is 0.0605 e. The van der Waals surface area contributed by atoms with Gasteiger partial charge in [-0.25, -0.2) is 0 Å². The minimum atomic E-state index is 0.278. The van der Waals surface area contributed by atoms with Gasteiger partial charge in [-0.3, -0.25) is 5.32 Å². The van der Waals surface area contributed by atoms with E-state index in [4.69, 9.17) is 0 Å². The van der Waals surface area contributed by atoms with Crippen LogP contribution in [0.1, 0.15) is 27.7 Å². The highest BCUT2D eigenvalue weighted by Crippen LogP contribution is 2.40. The van der Waals surface area contributed by atoms with Gasteiger partial charge in [0, 0.05) is 5.88 Å². The third-order valence-electron chi connectivity index (χ3n) is 1.70. The zero-order valence-electron chi connectivity index (χ0n) is 7.68. The molecule has 1 fully saturated rings. The molecule has 3 heteroatoms. The second-order valence-electron chi connectivity index (χ2n) is 3.73. The van der Waals surface area contributed by atoms with E-state index in [1.807, 2.05) is 23.5 Å². The highest BCUT2D eigenvalue weighted by Gasteiger charge is 2.29. The van der Waals surface area contributed by atoms with Crippen LogP contribution >= 0.6 is 23.5 Å². The Morgan fingerprint density at radius 1 is 1.45 bits per heavy atom. The summed E-state index contributed by atoms with van der Waals surface area (Å²) in [6.45, 7) is 9.11. The third kappa shape index (κ3) is 2.88. The Hall–Kier alpha value is 0.660.